The largest absolute Gasteiger partial charge is 0.372 e. The molecule has 1 saturated heterocycles. The van der Waals surface area contributed by atoms with Crippen LogP contribution in [0.25, 0.3) is 0 Å². The quantitative estimate of drug-likeness (QED) is 0.735. The van der Waals surface area contributed by atoms with Gasteiger partial charge >= 0.3 is 0 Å². The number of hydrogen-bond donors (Lipinski definition) is 0. The van der Waals surface area contributed by atoms with Crippen LogP contribution in [-0.4, -0.2) is 31.6 Å². The number of ether oxygens (including phenoxy) is 1. The molecule has 1 aromatic rings. The maximum absolute atomic E-state index is 11.1. The Kier molecular flexibility index (Phi) is 3.48. The number of aldehydes is 1. The lowest BCUT2D eigenvalue weighted by molar-refractivity contribution is -0.00525. The van der Waals surface area contributed by atoms with E-state index >= 15 is 0 Å². The number of benzene rings is 1. The second-order valence-corrected chi connectivity index (χ2v) is 4.84. The van der Waals surface area contributed by atoms with Crippen LogP contribution in [0.5, 0.6) is 0 Å². The lowest BCUT2D eigenvalue weighted by Gasteiger charge is -2.37. The molecule has 2 atom stereocenters. The van der Waals surface area contributed by atoms with Gasteiger partial charge in [0.2, 0.25) is 0 Å². The van der Waals surface area contributed by atoms with Crippen LogP contribution in [0.15, 0.2) is 18.2 Å². The molecule has 1 heterocycles. The topological polar surface area (TPSA) is 29.5 Å². The molecule has 3 nitrogen and oxygen atoms in total. The predicted octanol–water partition coefficient (Wildman–Crippen LogP) is 2.42. The maximum atomic E-state index is 11.1. The van der Waals surface area contributed by atoms with Gasteiger partial charge in [0.1, 0.15) is 0 Å². The molecule has 1 aliphatic heterocycles. The zero-order chi connectivity index (χ0) is 12.4. The summed E-state index contributed by atoms with van der Waals surface area (Å²) in [6.07, 6.45) is 1.35. The van der Waals surface area contributed by atoms with E-state index in [1.54, 1.807) is 0 Å². The third kappa shape index (κ3) is 2.67. The molecule has 0 spiro atoms. The molecule has 0 aliphatic carbocycles. The Morgan fingerprint density at radius 3 is 2.53 bits per heavy atom. The van der Waals surface area contributed by atoms with Crippen molar-refractivity contribution in [1.82, 2.24) is 0 Å². The Morgan fingerprint density at radius 2 is 1.94 bits per heavy atom. The van der Waals surface area contributed by atoms with E-state index in [4.69, 9.17) is 4.74 Å². The minimum atomic E-state index is 0.208. The number of rotatable bonds is 2. The SMILES string of the molecule is Cc1ccc(N2C[C@@H](C)O[C@@H](C)C2)c(C=O)c1. The summed E-state index contributed by atoms with van der Waals surface area (Å²) >= 11 is 0. The van der Waals surface area contributed by atoms with Crippen LogP contribution in [-0.2, 0) is 4.74 Å². The highest BCUT2D eigenvalue weighted by Crippen LogP contribution is 2.24. The van der Waals surface area contributed by atoms with Crippen LogP contribution in [0.1, 0.15) is 29.8 Å². The summed E-state index contributed by atoms with van der Waals surface area (Å²) in [5.74, 6) is 0. The summed E-state index contributed by atoms with van der Waals surface area (Å²) in [7, 11) is 0. The molecular weight excluding hydrogens is 214 g/mol. The van der Waals surface area contributed by atoms with Crippen molar-refractivity contribution in [3.63, 3.8) is 0 Å². The second-order valence-electron chi connectivity index (χ2n) is 4.84. The maximum Gasteiger partial charge on any atom is 0.152 e. The normalized spacial score (nSPS) is 24.8. The second kappa shape index (κ2) is 4.88. The Balaban J connectivity index is 2.29. The zero-order valence-corrected chi connectivity index (χ0v) is 10.6. The average Bonchev–Trinajstić information content (AvgIpc) is 2.27. The zero-order valence-electron chi connectivity index (χ0n) is 10.6. The minimum Gasteiger partial charge on any atom is -0.372 e. The molecule has 0 unspecified atom stereocenters. The van der Waals surface area contributed by atoms with Crippen LogP contribution in [0.3, 0.4) is 0 Å². The van der Waals surface area contributed by atoms with E-state index in [1.807, 2.05) is 25.1 Å². The highest BCUT2D eigenvalue weighted by atomic mass is 16.5. The number of carbonyl (C=O) groups excluding carboxylic acids is 1. The minimum absolute atomic E-state index is 0.208. The Bertz CT molecular complexity index is 407. The van der Waals surface area contributed by atoms with Gasteiger partial charge in [0.15, 0.2) is 6.29 Å². The summed E-state index contributed by atoms with van der Waals surface area (Å²) in [5, 5.41) is 0. The molecule has 0 amide bonds. The number of carbonyl (C=O) groups is 1. The van der Waals surface area contributed by atoms with Gasteiger partial charge in [-0.05, 0) is 32.9 Å². The van der Waals surface area contributed by atoms with Crippen molar-refractivity contribution in [3.05, 3.63) is 29.3 Å². The molecule has 0 N–H and O–H groups in total. The van der Waals surface area contributed by atoms with Crippen LogP contribution in [0.2, 0.25) is 0 Å². The molecule has 0 saturated carbocycles. The van der Waals surface area contributed by atoms with E-state index in [0.717, 1.165) is 36.2 Å². The van der Waals surface area contributed by atoms with Gasteiger partial charge < -0.3 is 9.64 Å². The van der Waals surface area contributed by atoms with Crippen molar-refractivity contribution in [2.75, 3.05) is 18.0 Å². The first-order valence-corrected chi connectivity index (χ1v) is 6.06. The molecule has 92 valence electrons. The summed E-state index contributed by atoms with van der Waals surface area (Å²) in [5.41, 5.74) is 2.91. The van der Waals surface area contributed by atoms with Crippen molar-refractivity contribution in [2.45, 2.75) is 33.0 Å². The van der Waals surface area contributed by atoms with E-state index in [2.05, 4.69) is 18.7 Å². The van der Waals surface area contributed by atoms with Gasteiger partial charge in [-0.25, -0.2) is 0 Å². The van der Waals surface area contributed by atoms with E-state index in [0.29, 0.717) is 0 Å². The molecule has 3 heteroatoms. The van der Waals surface area contributed by atoms with Gasteiger partial charge in [-0.15, -0.1) is 0 Å². The van der Waals surface area contributed by atoms with E-state index in [-0.39, 0.29) is 12.2 Å². The number of morpholine rings is 1. The molecule has 17 heavy (non-hydrogen) atoms. The van der Waals surface area contributed by atoms with Crippen molar-refractivity contribution < 1.29 is 9.53 Å². The molecular formula is C14H19NO2. The van der Waals surface area contributed by atoms with Crippen molar-refractivity contribution in [2.24, 2.45) is 0 Å². The molecule has 0 radical (unpaired) electrons. The highest BCUT2D eigenvalue weighted by molar-refractivity contribution is 5.85. The Labute approximate surface area is 102 Å². The third-order valence-electron chi connectivity index (χ3n) is 3.07. The summed E-state index contributed by atoms with van der Waals surface area (Å²) in [4.78, 5) is 13.4. The summed E-state index contributed by atoms with van der Waals surface area (Å²) in [6, 6.07) is 6.02. The molecule has 0 bridgehead atoms. The fourth-order valence-electron chi connectivity index (χ4n) is 2.43. The Morgan fingerprint density at radius 1 is 1.29 bits per heavy atom. The van der Waals surface area contributed by atoms with Gasteiger partial charge in [0, 0.05) is 24.3 Å². The van der Waals surface area contributed by atoms with Crippen molar-refractivity contribution in [3.8, 4) is 0 Å². The van der Waals surface area contributed by atoms with Crippen LogP contribution >= 0.6 is 0 Å². The van der Waals surface area contributed by atoms with Gasteiger partial charge in [0.05, 0.1) is 12.2 Å². The molecule has 1 aromatic carbocycles. The van der Waals surface area contributed by atoms with Crippen LogP contribution in [0.4, 0.5) is 5.69 Å². The number of anilines is 1. The lowest BCUT2D eigenvalue weighted by Crippen LogP contribution is -2.45. The van der Waals surface area contributed by atoms with E-state index in [9.17, 15) is 4.79 Å². The number of nitrogens with zero attached hydrogens (tertiary/aromatic N) is 1. The van der Waals surface area contributed by atoms with E-state index in [1.165, 1.54) is 0 Å². The molecule has 2 rings (SSSR count). The van der Waals surface area contributed by atoms with Crippen LogP contribution in [0, 0.1) is 6.92 Å². The van der Waals surface area contributed by atoms with Crippen molar-refractivity contribution in [1.29, 1.82) is 0 Å². The fraction of sp³-hybridized carbons (Fsp3) is 0.500. The Hall–Kier alpha value is -1.35. The van der Waals surface area contributed by atoms with Crippen LogP contribution < -0.4 is 4.90 Å². The van der Waals surface area contributed by atoms with Gasteiger partial charge in [-0.3, -0.25) is 4.79 Å². The fourth-order valence-corrected chi connectivity index (χ4v) is 2.43. The van der Waals surface area contributed by atoms with Gasteiger partial charge in [0.25, 0.3) is 0 Å². The predicted molar refractivity (Wildman–Crippen MR) is 68.8 cm³/mol. The smallest absolute Gasteiger partial charge is 0.152 e. The monoisotopic (exact) mass is 233 g/mol. The first-order valence-electron chi connectivity index (χ1n) is 6.06. The first-order chi connectivity index (χ1) is 8.10. The summed E-state index contributed by atoms with van der Waals surface area (Å²) < 4.78 is 5.71. The molecule has 1 fully saturated rings. The lowest BCUT2D eigenvalue weighted by atomic mass is 10.1. The first kappa shape index (κ1) is 12.1. The average molecular weight is 233 g/mol. The van der Waals surface area contributed by atoms with Gasteiger partial charge in [-0.1, -0.05) is 11.6 Å². The highest BCUT2D eigenvalue weighted by Gasteiger charge is 2.23. The molecule has 0 aromatic heterocycles. The standard InChI is InChI=1S/C14H19NO2/c1-10-4-5-14(13(6-10)9-16)15-7-11(2)17-12(3)8-15/h4-6,9,11-12H,7-8H2,1-3H3/t11-,12+. The van der Waals surface area contributed by atoms with Gasteiger partial charge in [-0.2, -0.15) is 0 Å². The number of hydrogen-bond acceptors (Lipinski definition) is 3. The summed E-state index contributed by atoms with van der Waals surface area (Å²) in [6.45, 7) is 7.82. The molecule has 1 aliphatic rings. The third-order valence-corrected chi connectivity index (χ3v) is 3.07. The number of aryl methyl sites for hydroxylation is 1. The van der Waals surface area contributed by atoms with Crippen molar-refractivity contribution >= 4 is 12.0 Å². The van der Waals surface area contributed by atoms with E-state index < -0.39 is 0 Å².